The highest BCUT2D eigenvalue weighted by atomic mass is 15.1. The largest absolute Gasteiger partial charge is 0.351 e. The number of H-pyrrole nitrogens is 1. The number of piperidine rings is 1. The van der Waals surface area contributed by atoms with Gasteiger partial charge in [-0.05, 0) is 25.3 Å². The molecule has 2 rings (SSSR count). The van der Waals surface area contributed by atoms with E-state index in [-0.39, 0.29) is 0 Å². The number of imidazole rings is 1. The SMILES string of the molecule is CC[C@H]1CCCN(Cc2c[nH]cn2)C1. The second-order valence-corrected chi connectivity index (χ2v) is 4.21. The maximum atomic E-state index is 4.26. The van der Waals surface area contributed by atoms with Crippen LogP contribution in [-0.4, -0.2) is 28.0 Å². The lowest BCUT2D eigenvalue weighted by Crippen LogP contribution is -2.34. The number of likely N-dealkylation sites (tertiary alicyclic amines) is 1. The third-order valence-corrected chi connectivity index (χ3v) is 3.12. The quantitative estimate of drug-likeness (QED) is 0.796. The van der Waals surface area contributed by atoms with E-state index in [1.807, 2.05) is 6.20 Å². The molecule has 1 fully saturated rings. The number of aromatic nitrogens is 2. The van der Waals surface area contributed by atoms with Gasteiger partial charge >= 0.3 is 0 Å². The van der Waals surface area contributed by atoms with E-state index in [0.29, 0.717) is 0 Å². The fourth-order valence-electron chi connectivity index (χ4n) is 2.23. The second kappa shape index (κ2) is 4.60. The minimum Gasteiger partial charge on any atom is -0.351 e. The van der Waals surface area contributed by atoms with Crippen molar-refractivity contribution >= 4 is 0 Å². The highest BCUT2D eigenvalue weighted by Crippen LogP contribution is 2.20. The molecule has 0 saturated carbocycles. The van der Waals surface area contributed by atoms with Crippen molar-refractivity contribution in [2.75, 3.05) is 13.1 Å². The van der Waals surface area contributed by atoms with Crippen LogP contribution in [0.4, 0.5) is 0 Å². The predicted octanol–water partition coefficient (Wildman–Crippen LogP) is 2.03. The van der Waals surface area contributed by atoms with Crippen LogP contribution in [0.2, 0.25) is 0 Å². The maximum Gasteiger partial charge on any atom is 0.0923 e. The molecule has 1 aliphatic heterocycles. The van der Waals surface area contributed by atoms with Gasteiger partial charge in [0.05, 0.1) is 12.0 Å². The Hall–Kier alpha value is -0.830. The molecule has 1 aromatic heterocycles. The van der Waals surface area contributed by atoms with Gasteiger partial charge in [0.15, 0.2) is 0 Å². The van der Waals surface area contributed by atoms with Crippen LogP contribution in [0.1, 0.15) is 31.9 Å². The molecule has 2 heterocycles. The Morgan fingerprint density at radius 2 is 2.57 bits per heavy atom. The van der Waals surface area contributed by atoms with Crippen LogP contribution in [0.5, 0.6) is 0 Å². The van der Waals surface area contributed by atoms with E-state index in [9.17, 15) is 0 Å². The molecule has 1 saturated heterocycles. The minimum absolute atomic E-state index is 0.905. The first kappa shape index (κ1) is 9.71. The molecule has 0 radical (unpaired) electrons. The van der Waals surface area contributed by atoms with Gasteiger partial charge in [-0.1, -0.05) is 13.3 Å². The van der Waals surface area contributed by atoms with Gasteiger partial charge in [0.1, 0.15) is 0 Å². The number of hydrogen-bond donors (Lipinski definition) is 1. The van der Waals surface area contributed by atoms with Crippen LogP contribution in [0.3, 0.4) is 0 Å². The van der Waals surface area contributed by atoms with E-state index in [2.05, 4.69) is 21.8 Å². The third kappa shape index (κ3) is 2.35. The molecule has 0 aromatic carbocycles. The first-order chi connectivity index (χ1) is 6.88. The molecule has 78 valence electrons. The van der Waals surface area contributed by atoms with Crippen molar-refractivity contribution in [3.63, 3.8) is 0 Å². The van der Waals surface area contributed by atoms with E-state index in [1.54, 1.807) is 6.33 Å². The fourth-order valence-corrected chi connectivity index (χ4v) is 2.23. The van der Waals surface area contributed by atoms with E-state index in [4.69, 9.17) is 0 Å². The molecular formula is C11H19N3. The highest BCUT2D eigenvalue weighted by Gasteiger charge is 2.18. The second-order valence-electron chi connectivity index (χ2n) is 4.21. The molecule has 1 aromatic rings. The van der Waals surface area contributed by atoms with Crippen molar-refractivity contribution in [3.05, 3.63) is 18.2 Å². The van der Waals surface area contributed by atoms with Gasteiger partial charge in [-0.3, -0.25) is 4.90 Å². The van der Waals surface area contributed by atoms with E-state index < -0.39 is 0 Å². The zero-order valence-electron chi connectivity index (χ0n) is 8.87. The summed E-state index contributed by atoms with van der Waals surface area (Å²) in [5, 5.41) is 0. The zero-order chi connectivity index (χ0) is 9.80. The molecule has 14 heavy (non-hydrogen) atoms. The summed E-state index contributed by atoms with van der Waals surface area (Å²) in [6.45, 7) is 5.80. The average molecular weight is 193 g/mol. The van der Waals surface area contributed by atoms with Crippen molar-refractivity contribution in [2.45, 2.75) is 32.7 Å². The van der Waals surface area contributed by atoms with Gasteiger partial charge in [0.2, 0.25) is 0 Å². The number of hydrogen-bond acceptors (Lipinski definition) is 2. The van der Waals surface area contributed by atoms with Crippen LogP contribution in [-0.2, 0) is 6.54 Å². The molecule has 0 amide bonds. The van der Waals surface area contributed by atoms with Gasteiger partial charge < -0.3 is 4.98 Å². The lowest BCUT2D eigenvalue weighted by molar-refractivity contribution is 0.163. The van der Waals surface area contributed by atoms with Crippen LogP contribution < -0.4 is 0 Å². The summed E-state index contributed by atoms with van der Waals surface area (Å²) >= 11 is 0. The molecular weight excluding hydrogens is 174 g/mol. The van der Waals surface area contributed by atoms with Crippen molar-refractivity contribution in [2.24, 2.45) is 5.92 Å². The number of nitrogens with zero attached hydrogens (tertiary/aromatic N) is 2. The summed E-state index contributed by atoms with van der Waals surface area (Å²) in [6.07, 6.45) is 7.83. The Balaban J connectivity index is 1.86. The Labute approximate surface area is 85.5 Å². The molecule has 1 aliphatic rings. The van der Waals surface area contributed by atoms with Crippen molar-refractivity contribution in [1.82, 2.24) is 14.9 Å². The average Bonchev–Trinajstić information content (AvgIpc) is 2.71. The molecule has 3 heteroatoms. The van der Waals surface area contributed by atoms with E-state index in [0.717, 1.165) is 12.5 Å². The normalized spacial score (nSPS) is 23.9. The van der Waals surface area contributed by atoms with Gasteiger partial charge in [0.25, 0.3) is 0 Å². The third-order valence-electron chi connectivity index (χ3n) is 3.12. The summed E-state index contributed by atoms with van der Waals surface area (Å²) in [7, 11) is 0. The van der Waals surface area contributed by atoms with Crippen molar-refractivity contribution in [1.29, 1.82) is 0 Å². The summed E-state index contributed by atoms with van der Waals surface area (Å²) in [4.78, 5) is 9.79. The van der Waals surface area contributed by atoms with Gasteiger partial charge in [-0.15, -0.1) is 0 Å². The number of nitrogens with one attached hydrogen (secondary N) is 1. The van der Waals surface area contributed by atoms with Gasteiger partial charge in [-0.25, -0.2) is 4.98 Å². The fraction of sp³-hybridized carbons (Fsp3) is 0.727. The molecule has 1 atom stereocenters. The zero-order valence-corrected chi connectivity index (χ0v) is 8.87. The number of rotatable bonds is 3. The first-order valence-electron chi connectivity index (χ1n) is 5.58. The summed E-state index contributed by atoms with van der Waals surface area (Å²) in [5.41, 5.74) is 1.17. The van der Waals surface area contributed by atoms with Crippen LogP contribution in [0.25, 0.3) is 0 Å². The monoisotopic (exact) mass is 193 g/mol. The molecule has 0 unspecified atom stereocenters. The lowest BCUT2D eigenvalue weighted by atomic mass is 9.96. The predicted molar refractivity (Wildman–Crippen MR) is 56.9 cm³/mol. The number of aromatic amines is 1. The summed E-state index contributed by atoms with van der Waals surface area (Å²) in [6, 6.07) is 0. The van der Waals surface area contributed by atoms with Crippen LogP contribution in [0.15, 0.2) is 12.5 Å². The van der Waals surface area contributed by atoms with Gasteiger partial charge in [-0.2, -0.15) is 0 Å². The molecule has 0 bridgehead atoms. The van der Waals surface area contributed by atoms with Crippen LogP contribution >= 0.6 is 0 Å². The Morgan fingerprint density at radius 1 is 1.64 bits per heavy atom. The smallest absolute Gasteiger partial charge is 0.0923 e. The topological polar surface area (TPSA) is 31.9 Å². The van der Waals surface area contributed by atoms with E-state index >= 15 is 0 Å². The highest BCUT2D eigenvalue weighted by molar-refractivity contribution is 4.94. The Kier molecular flexibility index (Phi) is 3.19. The van der Waals surface area contributed by atoms with Crippen LogP contribution in [0, 0.1) is 5.92 Å². The summed E-state index contributed by atoms with van der Waals surface area (Å²) in [5.74, 6) is 0.905. The maximum absolute atomic E-state index is 4.26. The first-order valence-corrected chi connectivity index (χ1v) is 5.58. The summed E-state index contributed by atoms with van der Waals surface area (Å²) < 4.78 is 0. The molecule has 0 aliphatic carbocycles. The Bertz CT molecular complexity index is 256. The molecule has 0 spiro atoms. The molecule has 3 nitrogen and oxygen atoms in total. The van der Waals surface area contributed by atoms with Gasteiger partial charge in [0, 0.05) is 19.3 Å². The van der Waals surface area contributed by atoms with Crippen molar-refractivity contribution in [3.8, 4) is 0 Å². The minimum atomic E-state index is 0.905. The van der Waals surface area contributed by atoms with Crippen molar-refractivity contribution < 1.29 is 0 Å². The standard InChI is InChI=1S/C11H19N3/c1-2-10-4-3-5-14(7-10)8-11-6-12-9-13-11/h6,9-10H,2-5,7-8H2,1H3,(H,12,13)/t10-/m0/s1. The van der Waals surface area contributed by atoms with E-state index in [1.165, 1.54) is 38.0 Å². The molecule has 1 N–H and O–H groups in total. The lowest BCUT2D eigenvalue weighted by Gasteiger charge is -2.31. The Morgan fingerprint density at radius 3 is 3.29 bits per heavy atom.